The molecule has 140 valence electrons. The predicted molar refractivity (Wildman–Crippen MR) is 96.0 cm³/mol. The highest BCUT2D eigenvalue weighted by molar-refractivity contribution is 7.92. The van der Waals surface area contributed by atoms with Crippen LogP contribution in [0.4, 0.5) is 10.1 Å². The van der Waals surface area contributed by atoms with Crippen LogP contribution in [0.15, 0.2) is 41.3 Å². The van der Waals surface area contributed by atoms with Gasteiger partial charge in [0, 0.05) is 10.0 Å². The molecule has 2 aromatic carbocycles. The first-order chi connectivity index (χ1) is 12.2. The van der Waals surface area contributed by atoms with Gasteiger partial charge in [-0.05, 0) is 36.4 Å². The van der Waals surface area contributed by atoms with E-state index in [1.165, 1.54) is 31.4 Å². The number of carbonyl (C=O) groups excluding carboxylic acids is 1. The molecule has 0 heterocycles. The van der Waals surface area contributed by atoms with Crippen molar-refractivity contribution in [1.29, 1.82) is 0 Å². The second-order valence-corrected chi connectivity index (χ2v) is 7.75. The number of rotatable bonds is 6. The van der Waals surface area contributed by atoms with Crippen molar-refractivity contribution in [1.82, 2.24) is 0 Å². The van der Waals surface area contributed by atoms with Gasteiger partial charge in [0.1, 0.15) is 6.54 Å². The molecule has 2 aromatic rings. The van der Waals surface area contributed by atoms with Crippen LogP contribution in [-0.4, -0.2) is 35.2 Å². The second kappa shape index (κ2) is 8.11. The zero-order valence-corrected chi connectivity index (χ0v) is 16.0. The highest BCUT2D eigenvalue weighted by atomic mass is 35.5. The van der Waals surface area contributed by atoms with Crippen LogP contribution in [0.3, 0.4) is 0 Å². The van der Waals surface area contributed by atoms with Crippen molar-refractivity contribution in [2.75, 3.05) is 25.1 Å². The summed E-state index contributed by atoms with van der Waals surface area (Å²) < 4.78 is 50.0. The first kappa shape index (κ1) is 20.3. The van der Waals surface area contributed by atoms with Gasteiger partial charge in [0.25, 0.3) is 10.0 Å². The van der Waals surface area contributed by atoms with Crippen molar-refractivity contribution in [3.05, 3.63) is 52.3 Å². The summed E-state index contributed by atoms with van der Waals surface area (Å²) in [5, 5.41) is 0.331. The fourth-order valence-corrected chi connectivity index (χ4v) is 4.03. The third kappa shape index (κ3) is 4.38. The Morgan fingerprint density at radius 2 is 1.73 bits per heavy atom. The van der Waals surface area contributed by atoms with Crippen molar-refractivity contribution < 1.29 is 27.1 Å². The Kier molecular flexibility index (Phi) is 6.33. The lowest BCUT2D eigenvalue weighted by Gasteiger charge is -2.24. The molecule has 0 radical (unpaired) electrons. The lowest BCUT2D eigenvalue weighted by Crippen LogP contribution is -2.36. The molecule has 0 aliphatic rings. The molecule has 0 saturated heterocycles. The first-order valence-electron chi connectivity index (χ1n) is 7.08. The predicted octanol–water partition coefficient (Wildman–Crippen LogP) is 3.51. The average Bonchev–Trinajstić information content (AvgIpc) is 2.58. The Bertz CT molecular complexity index is 916. The van der Waals surface area contributed by atoms with Crippen LogP contribution >= 0.6 is 23.2 Å². The molecule has 0 bridgehead atoms. The van der Waals surface area contributed by atoms with E-state index >= 15 is 0 Å². The molecule has 0 aliphatic carbocycles. The van der Waals surface area contributed by atoms with E-state index in [-0.39, 0.29) is 26.4 Å². The van der Waals surface area contributed by atoms with Crippen molar-refractivity contribution in [2.24, 2.45) is 0 Å². The van der Waals surface area contributed by atoms with E-state index in [1.807, 2.05) is 0 Å². The zero-order chi connectivity index (χ0) is 19.5. The summed E-state index contributed by atoms with van der Waals surface area (Å²) in [5.41, 5.74) is 0.0316. The first-order valence-corrected chi connectivity index (χ1v) is 9.28. The second-order valence-electron chi connectivity index (χ2n) is 5.01. The Balaban J connectivity index is 2.59. The maximum Gasteiger partial charge on any atom is 0.326 e. The van der Waals surface area contributed by atoms with Gasteiger partial charge in [0.15, 0.2) is 11.6 Å². The number of hydrogen-bond donors (Lipinski definition) is 0. The minimum atomic E-state index is -4.32. The zero-order valence-electron chi connectivity index (χ0n) is 13.7. The number of anilines is 1. The Morgan fingerprint density at radius 3 is 2.23 bits per heavy atom. The molecule has 0 unspecified atom stereocenters. The number of esters is 1. The van der Waals surface area contributed by atoms with Gasteiger partial charge >= 0.3 is 5.97 Å². The third-order valence-electron chi connectivity index (χ3n) is 3.35. The molecule has 2 rings (SSSR count). The van der Waals surface area contributed by atoms with E-state index in [2.05, 4.69) is 4.74 Å². The molecule has 0 fully saturated rings. The quantitative estimate of drug-likeness (QED) is 0.667. The lowest BCUT2D eigenvalue weighted by molar-refractivity contribution is -0.138. The summed E-state index contributed by atoms with van der Waals surface area (Å²) in [6, 6.07) is 7.16. The Labute approximate surface area is 160 Å². The molecule has 0 amide bonds. The number of nitrogens with zero attached hydrogens (tertiary/aromatic N) is 1. The molecule has 0 saturated carbocycles. The molecular weight excluding hydrogens is 408 g/mol. The number of carbonyl (C=O) groups is 1. The highest BCUT2D eigenvalue weighted by Crippen LogP contribution is 2.31. The van der Waals surface area contributed by atoms with Gasteiger partial charge in [-0.2, -0.15) is 0 Å². The summed E-state index contributed by atoms with van der Waals surface area (Å²) >= 11 is 11.9. The van der Waals surface area contributed by atoms with Crippen LogP contribution in [0, 0.1) is 5.82 Å². The van der Waals surface area contributed by atoms with Crippen LogP contribution in [0.5, 0.6) is 5.75 Å². The molecule has 6 nitrogen and oxygen atoms in total. The molecular formula is C16H14Cl2FNO5S. The van der Waals surface area contributed by atoms with Gasteiger partial charge in [-0.15, -0.1) is 0 Å². The minimum Gasteiger partial charge on any atom is -0.494 e. The van der Waals surface area contributed by atoms with Crippen LogP contribution in [0.1, 0.15) is 0 Å². The van der Waals surface area contributed by atoms with Crippen LogP contribution in [0.2, 0.25) is 10.0 Å². The SMILES string of the molecule is COC(=O)CN(c1cc(Cl)cc(Cl)c1)S(=O)(=O)c1ccc(OC)c(F)c1. The normalized spacial score (nSPS) is 11.1. The molecule has 0 aliphatic heterocycles. The fourth-order valence-electron chi connectivity index (χ4n) is 2.11. The van der Waals surface area contributed by atoms with E-state index in [0.717, 1.165) is 23.5 Å². The van der Waals surface area contributed by atoms with Gasteiger partial charge in [0.05, 0.1) is 24.8 Å². The summed E-state index contributed by atoms with van der Waals surface area (Å²) in [7, 11) is -1.95. The molecule has 10 heteroatoms. The van der Waals surface area contributed by atoms with Crippen molar-refractivity contribution in [3.63, 3.8) is 0 Å². The van der Waals surface area contributed by atoms with Crippen molar-refractivity contribution in [3.8, 4) is 5.75 Å². The van der Waals surface area contributed by atoms with Crippen LogP contribution < -0.4 is 9.04 Å². The topological polar surface area (TPSA) is 72.9 Å². The monoisotopic (exact) mass is 421 g/mol. The maximum absolute atomic E-state index is 14.0. The van der Waals surface area contributed by atoms with Gasteiger partial charge < -0.3 is 9.47 Å². The Hall–Kier alpha value is -2.03. The lowest BCUT2D eigenvalue weighted by atomic mass is 10.3. The summed E-state index contributed by atoms with van der Waals surface area (Å²) in [6.45, 7) is -0.650. The third-order valence-corrected chi connectivity index (χ3v) is 5.55. The molecule has 0 N–H and O–H groups in total. The summed E-state index contributed by atoms with van der Waals surface area (Å²) in [5.74, 6) is -1.80. The number of hydrogen-bond acceptors (Lipinski definition) is 5. The minimum absolute atomic E-state index is 0.0316. The van der Waals surface area contributed by atoms with E-state index in [0.29, 0.717) is 0 Å². The largest absolute Gasteiger partial charge is 0.494 e. The van der Waals surface area contributed by atoms with Crippen LogP contribution in [-0.2, 0) is 19.6 Å². The highest BCUT2D eigenvalue weighted by Gasteiger charge is 2.29. The van der Waals surface area contributed by atoms with Gasteiger partial charge in [-0.1, -0.05) is 23.2 Å². The van der Waals surface area contributed by atoms with E-state index < -0.39 is 28.4 Å². The van der Waals surface area contributed by atoms with Gasteiger partial charge in [-0.25, -0.2) is 12.8 Å². The Morgan fingerprint density at radius 1 is 1.12 bits per heavy atom. The number of ether oxygens (including phenoxy) is 2. The molecule has 0 spiro atoms. The summed E-state index contributed by atoms with van der Waals surface area (Å²) in [6.07, 6.45) is 0. The summed E-state index contributed by atoms with van der Waals surface area (Å²) in [4.78, 5) is 11.3. The van der Waals surface area contributed by atoms with Crippen molar-refractivity contribution in [2.45, 2.75) is 4.90 Å². The van der Waals surface area contributed by atoms with E-state index in [9.17, 15) is 17.6 Å². The molecule has 0 aromatic heterocycles. The fraction of sp³-hybridized carbons (Fsp3) is 0.188. The number of sulfonamides is 1. The number of methoxy groups -OCH3 is 2. The van der Waals surface area contributed by atoms with Gasteiger partial charge in [0.2, 0.25) is 0 Å². The van der Waals surface area contributed by atoms with Crippen molar-refractivity contribution >= 4 is 44.9 Å². The van der Waals surface area contributed by atoms with E-state index in [4.69, 9.17) is 27.9 Å². The van der Waals surface area contributed by atoms with Gasteiger partial charge in [-0.3, -0.25) is 9.10 Å². The van der Waals surface area contributed by atoms with Crippen LogP contribution in [0.25, 0.3) is 0 Å². The molecule has 26 heavy (non-hydrogen) atoms. The number of benzene rings is 2. The molecule has 0 atom stereocenters. The maximum atomic E-state index is 14.0. The van der Waals surface area contributed by atoms with E-state index in [1.54, 1.807) is 0 Å². The number of halogens is 3. The standard InChI is InChI=1S/C16H14Cl2FNO5S/c1-24-15-4-3-13(8-14(15)19)26(22,23)20(9-16(21)25-2)12-6-10(17)5-11(18)7-12/h3-8H,9H2,1-2H3. The smallest absolute Gasteiger partial charge is 0.326 e. The average molecular weight is 422 g/mol.